The van der Waals surface area contributed by atoms with Crippen LogP contribution in [0.3, 0.4) is 0 Å². The fourth-order valence-electron chi connectivity index (χ4n) is 2.07. The number of nitrogens with zero attached hydrogens (tertiary/aromatic N) is 1. The van der Waals surface area contributed by atoms with Gasteiger partial charge in [0.1, 0.15) is 5.75 Å². The molecule has 1 aliphatic heterocycles. The van der Waals surface area contributed by atoms with Crippen molar-refractivity contribution in [3.8, 4) is 5.75 Å². The van der Waals surface area contributed by atoms with Gasteiger partial charge in [-0.2, -0.15) is 0 Å². The molecule has 17 heavy (non-hydrogen) atoms. The third-order valence-electron chi connectivity index (χ3n) is 3.11. The van der Waals surface area contributed by atoms with E-state index in [1.165, 1.54) is 5.56 Å². The number of benzene rings is 1. The number of hydrogen-bond donors (Lipinski definition) is 1. The van der Waals surface area contributed by atoms with Crippen molar-refractivity contribution in [2.75, 3.05) is 13.7 Å². The minimum absolute atomic E-state index is 0.0242. The molecular formula is C13H18N2OS. The lowest BCUT2D eigenvalue weighted by Gasteiger charge is -2.27. The molecule has 2 N–H and O–H groups in total. The van der Waals surface area contributed by atoms with Gasteiger partial charge in [0, 0.05) is 11.3 Å². The predicted octanol–water partition coefficient (Wildman–Crippen LogP) is 2.75. The molecule has 1 heterocycles. The van der Waals surface area contributed by atoms with Gasteiger partial charge in [0.15, 0.2) is 5.17 Å². The standard InChI is InChI=1S/C13H18N2OS/c1-13(8-3-9-15-12(14)17-13)10-4-6-11(16-2)7-5-10/h4-7H,3,8-9H2,1-2H3,(H2,14,15). The smallest absolute Gasteiger partial charge is 0.154 e. The van der Waals surface area contributed by atoms with E-state index in [4.69, 9.17) is 10.5 Å². The van der Waals surface area contributed by atoms with E-state index < -0.39 is 0 Å². The highest BCUT2D eigenvalue weighted by Gasteiger charge is 2.30. The Kier molecular flexibility index (Phi) is 3.62. The normalized spacial score (nSPS) is 24.9. The molecule has 0 aromatic heterocycles. The lowest BCUT2D eigenvalue weighted by atomic mass is 9.95. The summed E-state index contributed by atoms with van der Waals surface area (Å²) in [5.41, 5.74) is 7.17. The molecule has 0 spiro atoms. The molecule has 4 heteroatoms. The molecule has 0 fully saturated rings. The number of methoxy groups -OCH3 is 1. The average Bonchev–Trinajstić information content (AvgIpc) is 2.51. The second kappa shape index (κ2) is 5.00. The average molecular weight is 250 g/mol. The molecule has 0 aliphatic carbocycles. The Morgan fingerprint density at radius 2 is 2.06 bits per heavy atom. The SMILES string of the molecule is COc1ccc(C2(C)CCCN=C(N)S2)cc1. The van der Waals surface area contributed by atoms with Crippen LogP contribution in [0.15, 0.2) is 29.3 Å². The number of hydrogen-bond acceptors (Lipinski definition) is 4. The first-order chi connectivity index (χ1) is 8.14. The molecule has 2 rings (SSSR count). The summed E-state index contributed by atoms with van der Waals surface area (Å²) in [5, 5.41) is 0.695. The van der Waals surface area contributed by atoms with Crippen LogP contribution in [0.2, 0.25) is 0 Å². The maximum Gasteiger partial charge on any atom is 0.154 e. The van der Waals surface area contributed by atoms with E-state index in [9.17, 15) is 0 Å². The van der Waals surface area contributed by atoms with Gasteiger partial charge in [-0.05, 0) is 37.5 Å². The van der Waals surface area contributed by atoms with Crippen LogP contribution in [-0.2, 0) is 4.75 Å². The van der Waals surface area contributed by atoms with E-state index in [0.717, 1.165) is 25.1 Å². The number of thioether (sulfide) groups is 1. The van der Waals surface area contributed by atoms with Crippen LogP contribution >= 0.6 is 11.8 Å². The molecule has 0 amide bonds. The lowest BCUT2D eigenvalue weighted by Crippen LogP contribution is -2.21. The first-order valence-corrected chi connectivity index (χ1v) is 6.59. The molecule has 1 unspecified atom stereocenters. The Morgan fingerprint density at radius 1 is 1.35 bits per heavy atom. The van der Waals surface area contributed by atoms with Crippen molar-refractivity contribution in [1.29, 1.82) is 0 Å². The Balaban J connectivity index is 2.26. The highest BCUT2D eigenvalue weighted by molar-refractivity contribution is 8.14. The monoisotopic (exact) mass is 250 g/mol. The molecule has 1 aliphatic rings. The van der Waals surface area contributed by atoms with Crippen molar-refractivity contribution in [3.63, 3.8) is 0 Å². The maximum atomic E-state index is 5.89. The van der Waals surface area contributed by atoms with Crippen molar-refractivity contribution in [2.24, 2.45) is 10.7 Å². The number of amidine groups is 1. The molecule has 92 valence electrons. The van der Waals surface area contributed by atoms with E-state index >= 15 is 0 Å². The number of rotatable bonds is 2. The van der Waals surface area contributed by atoms with Crippen LogP contribution in [0.1, 0.15) is 25.3 Å². The zero-order valence-corrected chi connectivity index (χ0v) is 11.1. The second-order valence-corrected chi connectivity index (χ2v) is 5.91. The molecular weight excluding hydrogens is 232 g/mol. The van der Waals surface area contributed by atoms with Crippen LogP contribution in [0.25, 0.3) is 0 Å². The molecule has 1 aromatic carbocycles. The first-order valence-electron chi connectivity index (χ1n) is 5.77. The van der Waals surface area contributed by atoms with Gasteiger partial charge >= 0.3 is 0 Å². The summed E-state index contributed by atoms with van der Waals surface area (Å²) in [6, 6.07) is 8.23. The third-order valence-corrected chi connectivity index (χ3v) is 4.34. The molecule has 0 saturated heterocycles. The van der Waals surface area contributed by atoms with Gasteiger partial charge in [-0.1, -0.05) is 23.9 Å². The van der Waals surface area contributed by atoms with E-state index in [1.807, 2.05) is 12.1 Å². The third kappa shape index (κ3) is 2.75. The summed E-state index contributed by atoms with van der Waals surface area (Å²) >= 11 is 1.66. The summed E-state index contributed by atoms with van der Waals surface area (Å²) < 4.78 is 5.20. The minimum atomic E-state index is 0.0242. The zero-order chi connectivity index (χ0) is 12.3. The quantitative estimate of drug-likeness (QED) is 0.878. The number of ether oxygens (including phenoxy) is 1. The van der Waals surface area contributed by atoms with Crippen molar-refractivity contribution >= 4 is 16.9 Å². The van der Waals surface area contributed by atoms with Gasteiger partial charge in [0.05, 0.1) is 7.11 Å². The van der Waals surface area contributed by atoms with Gasteiger partial charge < -0.3 is 10.5 Å². The molecule has 3 nitrogen and oxygen atoms in total. The van der Waals surface area contributed by atoms with Crippen LogP contribution in [-0.4, -0.2) is 18.8 Å². The highest BCUT2D eigenvalue weighted by Crippen LogP contribution is 2.42. The molecule has 0 radical (unpaired) electrons. The van der Waals surface area contributed by atoms with Crippen LogP contribution < -0.4 is 10.5 Å². The fourth-order valence-corrected chi connectivity index (χ4v) is 3.18. The number of aliphatic imine (C=N–C) groups is 1. The Labute approximate surface area is 106 Å². The van der Waals surface area contributed by atoms with Gasteiger partial charge in [-0.25, -0.2) is 0 Å². The van der Waals surface area contributed by atoms with Crippen LogP contribution in [0.5, 0.6) is 5.75 Å². The van der Waals surface area contributed by atoms with Crippen molar-refractivity contribution in [1.82, 2.24) is 0 Å². The highest BCUT2D eigenvalue weighted by atomic mass is 32.2. The summed E-state index contributed by atoms with van der Waals surface area (Å²) in [4.78, 5) is 4.31. The van der Waals surface area contributed by atoms with E-state index in [-0.39, 0.29) is 4.75 Å². The fraction of sp³-hybridized carbons (Fsp3) is 0.462. The summed E-state index contributed by atoms with van der Waals surface area (Å²) in [7, 11) is 1.68. The Morgan fingerprint density at radius 3 is 2.71 bits per heavy atom. The van der Waals surface area contributed by atoms with E-state index in [1.54, 1.807) is 18.9 Å². The van der Waals surface area contributed by atoms with Crippen LogP contribution in [0, 0.1) is 0 Å². The largest absolute Gasteiger partial charge is 0.497 e. The first kappa shape index (κ1) is 12.3. The van der Waals surface area contributed by atoms with Gasteiger partial charge in [-0.3, -0.25) is 4.99 Å². The van der Waals surface area contributed by atoms with Gasteiger partial charge in [0.2, 0.25) is 0 Å². The maximum absolute atomic E-state index is 5.89. The predicted molar refractivity (Wildman–Crippen MR) is 73.7 cm³/mol. The summed E-state index contributed by atoms with van der Waals surface area (Å²) in [6.07, 6.45) is 2.17. The number of nitrogens with two attached hydrogens (primary N) is 1. The summed E-state index contributed by atoms with van der Waals surface area (Å²) in [5.74, 6) is 0.887. The molecule has 1 atom stereocenters. The molecule has 1 aromatic rings. The van der Waals surface area contributed by atoms with E-state index in [0.29, 0.717) is 5.17 Å². The van der Waals surface area contributed by atoms with Crippen molar-refractivity contribution < 1.29 is 4.74 Å². The lowest BCUT2D eigenvalue weighted by molar-refractivity contribution is 0.414. The molecule has 0 bridgehead atoms. The molecule has 0 saturated carbocycles. The Bertz CT molecular complexity index is 416. The topological polar surface area (TPSA) is 47.6 Å². The zero-order valence-electron chi connectivity index (χ0n) is 10.3. The van der Waals surface area contributed by atoms with Crippen molar-refractivity contribution in [2.45, 2.75) is 24.5 Å². The minimum Gasteiger partial charge on any atom is -0.497 e. The van der Waals surface area contributed by atoms with Crippen molar-refractivity contribution in [3.05, 3.63) is 29.8 Å². The Hall–Kier alpha value is -1.16. The second-order valence-electron chi connectivity index (χ2n) is 4.38. The van der Waals surface area contributed by atoms with Crippen LogP contribution in [0.4, 0.5) is 0 Å². The summed E-state index contributed by atoms with van der Waals surface area (Å²) in [6.45, 7) is 3.07. The van der Waals surface area contributed by atoms with Gasteiger partial charge in [-0.15, -0.1) is 0 Å². The van der Waals surface area contributed by atoms with E-state index in [2.05, 4.69) is 24.0 Å². The van der Waals surface area contributed by atoms with Gasteiger partial charge in [0.25, 0.3) is 0 Å².